The number of rotatable bonds is 7. The molecule has 0 bridgehead atoms. The van der Waals surface area contributed by atoms with Gasteiger partial charge in [0.1, 0.15) is 0 Å². The van der Waals surface area contributed by atoms with E-state index in [1.165, 1.54) is 0 Å². The molecule has 0 aliphatic heterocycles. The van der Waals surface area contributed by atoms with E-state index in [1.807, 2.05) is 68.4 Å². The van der Waals surface area contributed by atoms with Crippen LogP contribution in [0.15, 0.2) is 54.6 Å². The molecule has 0 saturated carbocycles. The molecule has 2 aromatic rings. The number of carboxylic acid groups (broad SMARTS) is 1. The fourth-order valence-corrected chi connectivity index (χ4v) is 2.40. The van der Waals surface area contributed by atoms with Crippen molar-refractivity contribution in [2.75, 3.05) is 0 Å². The second kappa shape index (κ2) is 7.76. The molecule has 3 nitrogen and oxygen atoms in total. The molecule has 2 rings (SSSR count). The van der Waals surface area contributed by atoms with Gasteiger partial charge in [0.2, 0.25) is 0 Å². The third kappa shape index (κ3) is 4.43. The Hall–Kier alpha value is -2.13. The van der Waals surface area contributed by atoms with E-state index in [9.17, 15) is 9.90 Å². The largest absolute Gasteiger partial charge is 0.479 e. The van der Waals surface area contributed by atoms with Crippen molar-refractivity contribution in [2.24, 2.45) is 5.92 Å². The number of hydrogen-bond acceptors (Lipinski definition) is 2. The van der Waals surface area contributed by atoms with Gasteiger partial charge in [-0.05, 0) is 29.0 Å². The maximum absolute atomic E-state index is 11.3. The third-order valence-corrected chi connectivity index (χ3v) is 3.50. The molecule has 0 saturated heterocycles. The topological polar surface area (TPSA) is 46.5 Å². The maximum atomic E-state index is 11.3. The zero-order valence-electron chi connectivity index (χ0n) is 13.0. The van der Waals surface area contributed by atoms with Gasteiger partial charge in [0.05, 0.1) is 6.61 Å². The van der Waals surface area contributed by atoms with Crippen molar-refractivity contribution in [3.8, 4) is 11.1 Å². The van der Waals surface area contributed by atoms with E-state index in [1.54, 1.807) is 0 Å². The van der Waals surface area contributed by atoms with Crippen LogP contribution < -0.4 is 0 Å². The van der Waals surface area contributed by atoms with E-state index >= 15 is 0 Å². The van der Waals surface area contributed by atoms with Crippen LogP contribution in [0.2, 0.25) is 0 Å². The monoisotopic (exact) mass is 298 g/mol. The first-order chi connectivity index (χ1) is 10.6. The van der Waals surface area contributed by atoms with E-state index < -0.39 is 12.1 Å². The van der Waals surface area contributed by atoms with Crippen LogP contribution in [0.4, 0.5) is 0 Å². The summed E-state index contributed by atoms with van der Waals surface area (Å²) in [6.07, 6.45) is -0.244. The molecule has 0 amide bonds. The highest BCUT2D eigenvalue weighted by Gasteiger charge is 2.20. The lowest BCUT2D eigenvalue weighted by Gasteiger charge is -2.17. The van der Waals surface area contributed by atoms with Gasteiger partial charge in [0, 0.05) is 0 Å². The lowest BCUT2D eigenvalue weighted by molar-refractivity contribution is -0.152. The minimum absolute atomic E-state index is 0.283. The molecule has 1 N–H and O–H groups in total. The van der Waals surface area contributed by atoms with Crippen molar-refractivity contribution in [1.82, 2.24) is 0 Å². The van der Waals surface area contributed by atoms with Gasteiger partial charge in [0.25, 0.3) is 0 Å². The predicted octanol–water partition coefficient (Wildman–Crippen LogP) is 4.37. The summed E-state index contributed by atoms with van der Waals surface area (Å²) in [5.41, 5.74) is 3.19. The normalized spacial score (nSPS) is 12.3. The molecule has 1 unspecified atom stereocenters. The van der Waals surface area contributed by atoms with Crippen molar-refractivity contribution in [3.63, 3.8) is 0 Å². The number of carboxylic acids is 1. The zero-order valence-corrected chi connectivity index (χ0v) is 13.0. The molecule has 0 fully saturated rings. The number of hydrogen-bond donors (Lipinski definition) is 1. The summed E-state index contributed by atoms with van der Waals surface area (Å²) in [6, 6.07) is 18.0. The summed E-state index contributed by atoms with van der Waals surface area (Å²) in [6.45, 7) is 4.29. The van der Waals surface area contributed by atoms with E-state index in [-0.39, 0.29) is 5.92 Å². The lowest BCUT2D eigenvalue weighted by atomic mass is 10.00. The Bertz CT molecular complexity index is 605. The molecule has 0 spiro atoms. The molecule has 0 aromatic heterocycles. The second-order valence-corrected chi connectivity index (χ2v) is 5.79. The quantitative estimate of drug-likeness (QED) is 0.825. The Kier molecular flexibility index (Phi) is 5.73. The van der Waals surface area contributed by atoms with Gasteiger partial charge in [-0.1, -0.05) is 68.4 Å². The van der Waals surface area contributed by atoms with Gasteiger partial charge < -0.3 is 9.84 Å². The zero-order chi connectivity index (χ0) is 15.9. The molecule has 0 radical (unpaired) electrons. The van der Waals surface area contributed by atoms with E-state index in [4.69, 9.17) is 4.74 Å². The van der Waals surface area contributed by atoms with Crippen LogP contribution >= 0.6 is 0 Å². The molecule has 2 aromatic carbocycles. The molecule has 0 aliphatic carbocycles. The first-order valence-corrected chi connectivity index (χ1v) is 7.55. The summed E-state index contributed by atoms with van der Waals surface area (Å²) < 4.78 is 5.66. The minimum Gasteiger partial charge on any atom is -0.479 e. The summed E-state index contributed by atoms with van der Waals surface area (Å²) in [5, 5.41) is 9.26. The van der Waals surface area contributed by atoms with E-state index in [0.717, 1.165) is 16.7 Å². The average molecular weight is 298 g/mol. The summed E-state index contributed by atoms with van der Waals surface area (Å²) in [7, 11) is 0. The van der Waals surface area contributed by atoms with Gasteiger partial charge in [-0.3, -0.25) is 0 Å². The molecular weight excluding hydrogens is 276 g/mol. The smallest absolute Gasteiger partial charge is 0.332 e. The van der Waals surface area contributed by atoms with Crippen LogP contribution in [0, 0.1) is 5.92 Å². The minimum atomic E-state index is -0.897. The number of ether oxygens (including phenoxy) is 1. The summed E-state index contributed by atoms with van der Waals surface area (Å²) in [4.78, 5) is 11.3. The Labute approximate surface area is 131 Å². The highest BCUT2D eigenvalue weighted by atomic mass is 16.5. The molecule has 0 aliphatic rings. The van der Waals surface area contributed by atoms with Crippen molar-refractivity contribution >= 4 is 5.97 Å². The molecule has 1 atom stereocenters. The molecular formula is C19H22O3. The Balaban J connectivity index is 2.15. The number of benzene rings is 2. The van der Waals surface area contributed by atoms with Crippen LogP contribution in [-0.2, 0) is 16.1 Å². The number of aliphatic carboxylic acids is 1. The van der Waals surface area contributed by atoms with Gasteiger partial charge in [-0.25, -0.2) is 4.79 Å². The molecule has 0 heterocycles. The third-order valence-electron chi connectivity index (χ3n) is 3.50. The summed E-state index contributed by atoms with van der Waals surface area (Å²) >= 11 is 0. The van der Waals surface area contributed by atoms with Crippen LogP contribution in [0.3, 0.4) is 0 Å². The van der Waals surface area contributed by atoms with Crippen LogP contribution in [0.5, 0.6) is 0 Å². The second-order valence-electron chi connectivity index (χ2n) is 5.79. The van der Waals surface area contributed by atoms with E-state index in [2.05, 4.69) is 0 Å². The molecule has 116 valence electrons. The highest BCUT2D eigenvalue weighted by Crippen LogP contribution is 2.24. The number of carbonyl (C=O) groups is 1. The SMILES string of the molecule is CC(C)CC(OCc1ccccc1-c1ccccc1)C(=O)O. The first kappa shape index (κ1) is 16.2. The Morgan fingerprint density at radius 1 is 1.05 bits per heavy atom. The lowest BCUT2D eigenvalue weighted by Crippen LogP contribution is -2.25. The van der Waals surface area contributed by atoms with Crippen molar-refractivity contribution in [1.29, 1.82) is 0 Å². The molecule has 22 heavy (non-hydrogen) atoms. The van der Waals surface area contributed by atoms with E-state index in [0.29, 0.717) is 13.0 Å². The Morgan fingerprint density at radius 3 is 2.32 bits per heavy atom. The average Bonchev–Trinajstić information content (AvgIpc) is 2.52. The van der Waals surface area contributed by atoms with Gasteiger partial charge >= 0.3 is 5.97 Å². The fourth-order valence-electron chi connectivity index (χ4n) is 2.40. The first-order valence-electron chi connectivity index (χ1n) is 7.55. The van der Waals surface area contributed by atoms with Gasteiger partial charge in [-0.2, -0.15) is 0 Å². The summed E-state index contributed by atoms with van der Waals surface area (Å²) in [5.74, 6) is -0.614. The molecule has 3 heteroatoms. The van der Waals surface area contributed by atoms with Crippen LogP contribution in [0.25, 0.3) is 11.1 Å². The predicted molar refractivity (Wildman–Crippen MR) is 87.5 cm³/mol. The van der Waals surface area contributed by atoms with Gasteiger partial charge in [-0.15, -0.1) is 0 Å². The van der Waals surface area contributed by atoms with Crippen molar-refractivity contribution in [3.05, 3.63) is 60.2 Å². The fraction of sp³-hybridized carbons (Fsp3) is 0.316. The van der Waals surface area contributed by atoms with Crippen LogP contribution in [-0.4, -0.2) is 17.2 Å². The highest BCUT2D eigenvalue weighted by molar-refractivity contribution is 5.72. The van der Waals surface area contributed by atoms with Gasteiger partial charge in [0.15, 0.2) is 6.10 Å². The van der Waals surface area contributed by atoms with Crippen molar-refractivity contribution < 1.29 is 14.6 Å². The maximum Gasteiger partial charge on any atom is 0.332 e. The Morgan fingerprint density at radius 2 is 1.68 bits per heavy atom. The van der Waals surface area contributed by atoms with Crippen LogP contribution in [0.1, 0.15) is 25.8 Å². The standard InChI is InChI=1S/C19H22O3/c1-14(2)12-18(19(20)21)22-13-16-10-6-7-11-17(16)15-8-4-3-5-9-15/h3-11,14,18H,12-13H2,1-2H3,(H,20,21). The van der Waals surface area contributed by atoms with Crippen molar-refractivity contribution in [2.45, 2.75) is 33.0 Å².